The summed E-state index contributed by atoms with van der Waals surface area (Å²) < 4.78 is 34.3. The number of unbranched alkanes of at least 4 members (excludes halogenated alkanes) is 17. The highest BCUT2D eigenvalue weighted by molar-refractivity contribution is 7.47. The second-order valence-corrected chi connectivity index (χ2v) is 19.7. The minimum Gasteiger partial charge on any atom is -0.457 e. The molecule has 1 aliphatic carbocycles. The molecule has 1 rings (SSSR count). The van der Waals surface area contributed by atoms with Crippen molar-refractivity contribution < 1.29 is 58.3 Å². The fourth-order valence-electron chi connectivity index (χ4n) is 7.70. The van der Waals surface area contributed by atoms with E-state index in [1.165, 1.54) is 83.5 Å². The smallest absolute Gasteiger partial charge is 0.457 e. The van der Waals surface area contributed by atoms with Gasteiger partial charge < -0.3 is 39.9 Å². The summed E-state index contributed by atoms with van der Waals surface area (Å²) in [4.78, 5) is 23.3. The Hall–Kier alpha value is -2.74. The standard InChI is InChI=1S/C57H97O12P/c1-3-5-7-9-11-13-15-17-19-21-23-25-26-27-28-30-32-34-36-38-40-42-44-46-51(58)68-50(49-67-70(64,65)69-57-55(62)53(60)52(59)54(61)56(57)63)48-66-47-45-43-41-39-37-35-33-31-29-24-22-20-18-16-14-12-10-8-6-4-2/h6,8,12,14-15,17-18,20-21,23-24,29,33,35,39,41,50,52-57,59-63H,3-5,7,9-11,13,16,19,22,25-28,30-32,34,36-38,40,42-49H2,1-2H3,(H,64,65)/b8-6-,14-12-,17-15-,20-18-,23-21-,29-24-,35-33-,41-39-. The minimum absolute atomic E-state index is 0.123. The van der Waals surface area contributed by atoms with Crippen LogP contribution in [0.4, 0.5) is 0 Å². The van der Waals surface area contributed by atoms with E-state index in [0.717, 1.165) is 77.0 Å². The molecule has 402 valence electrons. The number of aliphatic hydroxyl groups is 5. The number of rotatable bonds is 45. The van der Waals surface area contributed by atoms with Crippen LogP contribution in [0.25, 0.3) is 0 Å². The Labute approximate surface area is 424 Å². The highest BCUT2D eigenvalue weighted by atomic mass is 31.2. The SMILES string of the molecule is CC/C=C\C/C=C\C/C=C\C/C=C\C/C=C\C/C=C\CCCOCC(COP(=O)(O)OC1C(O)C(O)C(O)C(O)C1O)OC(=O)CCCCCCCCCCCCC/C=C\C/C=C\CCCCCCC. The highest BCUT2D eigenvalue weighted by Crippen LogP contribution is 2.47. The van der Waals surface area contributed by atoms with E-state index in [9.17, 15) is 39.8 Å². The number of hydrogen-bond acceptors (Lipinski definition) is 11. The van der Waals surface area contributed by atoms with Gasteiger partial charge in [-0.2, -0.15) is 0 Å². The summed E-state index contributed by atoms with van der Waals surface area (Å²) in [5, 5.41) is 50.4. The molecule has 13 heteroatoms. The number of allylic oxidation sites excluding steroid dienone is 16. The topological polar surface area (TPSA) is 192 Å². The molecule has 0 aromatic carbocycles. The lowest BCUT2D eigenvalue weighted by Crippen LogP contribution is -2.64. The van der Waals surface area contributed by atoms with Gasteiger partial charge in [-0.3, -0.25) is 13.8 Å². The van der Waals surface area contributed by atoms with E-state index in [1.807, 2.05) is 0 Å². The van der Waals surface area contributed by atoms with E-state index in [1.54, 1.807) is 0 Å². The lowest BCUT2D eigenvalue weighted by atomic mass is 9.85. The third-order valence-electron chi connectivity index (χ3n) is 11.9. The average molecular weight is 1010 g/mol. The van der Waals surface area contributed by atoms with Gasteiger partial charge in [0.15, 0.2) is 0 Å². The van der Waals surface area contributed by atoms with E-state index in [-0.39, 0.29) is 13.0 Å². The first kappa shape index (κ1) is 65.3. The first-order chi connectivity index (χ1) is 34.0. The predicted octanol–water partition coefficient (Wildman–Crippen LogP) is 12.6. The maximum Gasteiger partial charge on any atom is 0.472 e. The first-order valence-electron chi connectivity index (χ1n) is 27.1. The number of carbonyl (C=O) groups is 1. The van der Waals surface area contributed by atoms with E-state index in [0.29, 0.717) is 19.4 Å². The molecule has 0 radical (unpaired) electrons. The first-order valence-corrected chi connectivity index (χ1v) is 28.6. The molecule has 1 aliphatic rings. The van der Waals surface area contributed by atoms with Crippen LogP contribution >= 0.6 is 7.82 Å². The fourth-order valence-corrected chi connectivity index (χ4v) is 8.67. The second kappa shape index (κ2) is 46.1. The van der Waals surface area contributed by atoms with Gasteiger partial charge in [0.05, 0.1) is 13.2 Å². The van der Waals surface area contributed by atoms with Gasteiger partial charge in [-0.1, -0.05) is 195 Å². The van der Waals surface area contributed by atoms with Crippen molar-refractivity contribution in [1.29, 1.82) is 0 Å². The summed E-state index contributed by atoms with van der Waals surface area (Å²) in [5.74, 6) is -0.502. The largest absolute Gasteiger partial charge is 0.472 e. The van der Waals surface area contributed by atoms with E-state index in [4.69, 9.17) is 18.5 Å². The Kier molecular flexibility index (Phi) is 43.0. The predicted molar refractivity (Wildman–Crippen MR) is 285 cm³/mol. The van der Waals surface area contributed by atoms with E-state index < -0.39 is 63.1 Å². The number of carbonyl (C=O) groups excluding carboxylic acids is 1. The highest BCUT2D eigenvalue weighted by Gasteiger charge is 2.51. The van der Waals surface area contributed by atoms with Gasteiger partial charge in [0, 0.05) is 13.0 Å². The summed E-state index contributed by atoms with van der Waals surface area (Å²) in [6, 6.07) is 0. The van der Waals surface area contributed by atoms with Crippen molar-refractivity contribution in [2.24, 2.45) is 0 Å². The van der Waals surface area contributed by atoms with Gasteiger partial charge in [-0.15, -0.1) is 0 Å². The van der Waals surface area contributed by atoms with Crippen LogP contribution in [0.3, 0.4) is 0 Å². The molecule has 0 aliphatic heterocycles. The molecule has 0 heterocycles. The summed E-state index contributed by atoms with van der Waals surface area (Å²) >= 11 is 0. The third-order valence-corrected chi connectivity index (χ3v) is 12.9. The molecule has 0 aromatic rings. The maximum atomic E-state index is 12.9. The Balaban J connectivity index is 2.37. The van der Waals surface area contributed by atoms with Crippen LogP contribution in [-0.2, 0) is 27.9 Å². The molecule has 0 spiro atoms. The van der Waals surface area contributed by atoms with Gasteiger partial charge in [0.1, 0.15) is 42.7 Å². The van der Waals surface area contributed by atoms with Gasteiger partial charge in [0.2, 0.25) is 0 Å². The number of aliphatic hydroxyl groups excluding tert-OH is 5. The number of esters is 1. The molecule has 6 atom stereocenters. The number of ether oxygens (including phenoxy) is 2. The Morgan fingerprint density at radius 1 is 0.471 bits per heavy atom. The Bertz CT molecular complexity index is 1520. The van der Waals surface area contributed by atoms with Crippen LogP contribution in [0.2, 0.25) is 0 Å². The molecular formula is C57H97O12P. The van der Waals surface area contributed by atoms with Crippen molar-refractivity contribution in [2.75, 3.05) is 19.8 Å². The van der Waals surface area contributed by atoms with Crippen LogP contribution in [0.5, 0.6) is 0 Å². The fraction of sp³-hybridized carbons (Fsp3) is 0.702. The van der Waals surface area contributed by atoms with Gasteiger partial charge in [0.25, 0.3) is 0 Å². The molecule has 0 amide bonds. The molecule has 6 N–H and O–H groups in total. The zero-order chi connectivity index (χ0) is 51.2. The van der Waals surface area contributed by atoms with Crippen molar-refractivity contribution >= 4 is 13.8 Å². The maximum absolute atomic E-state index is 12.9. The molecule has 12 nitrogen and oxygen atoms in total. The lowest BCUT2D eigenvalue weighted by molar-refractivity contribution is -0.220. The van der Waals surface area contributed by atoms with Crippen molar-refractivity contribution in [1.82, 2.24) is 0 Å². The second-order valence-electron chi connectivity index (χ2n) is 18.3. The monoisotopic (exact) mass is 1000 g/mol. The van der Waals surface area contributed by atoms with Gasteiger partial charge >= 0.3 is 13.8 Å². The van der Waals surface area contributed by atoms with Crippen LogP contribution in [0, 0.1) is 0 Å². The summed E-state index contributed by atoms with van der Waals surface area (Å²) in [6.07, 6.45) is 52.0. The molecule has 1 fully saturated rings. The quantitative estimate of drug-likeness (QED) is 0.0147. The number of hydrogen-bond donors (Lipinski definition) is 6. The third kappa shape index (κ3) is 37.1. The molecule has 1 saturated carbocycles. The zero-order valence-electron chi connectivity index (χ0n) is 43.3. The molecule has 0 saturated heterocycles. The number of phosphoric acid groups is 1. The normalized spacial score (nSPS) is 21.7. The van der Waals surface area contributed by atoms with Crippen molar-refractivity contribution in [3.63, 3.8) is 0 Å². The summed E-state index contributed by atoms with van der Waals surface area (Å²) in [7, 11) is -5.05. The molecular weight excluding hydrogens is 908 g/mol. The van der Waals surface area contributed by atoms with Gasteiger partial charge in [-0.25, -0.2) is 4.57 Å². The van der Waals surface area contributed by atoms with Crippen molar-refractivity contribution in [3.8, 4) is 0 Å². The van der Waals surface area contributed by atoms with E-state index in [2.05, 4.69) is 111 Å². The van der Waals surface area contributed by atoms with Gasteiger partial charge in [-0.05, 0) is 89.9 Å². The van der Waals surface area contributed by atoms with Crippen molar-refractivity contribution in [2.45, 2.75) is 236 Å². The molecule has 0 bridgehead atoms. The number of phosphoric ester groups is 1. The Morgan fingerprint density at radius 2 is 0.843 bits per heavy atom. The average Bonchev–Trinajstić information content (AvgIpc) is 3.35. The summed E-state index contributed by atoms with van der Waals surface area (Å²) in [6.45, 7) is 4.00. The molecule has 70 heavy (non-hydrogen) atoms. The van der Waals surface area contributed by atoms with Crippen LogP contribution < -0.4 is 0 Å². The lowest BCUT2D eigenvalue weighted by Gasteiger charge is -2.41. The van der Waals surface area contributed by atoms with Crippen LogP contribution in [0.1, 0.15) is 194 Å². The van der Waals surface area contributed by atoms with E-state index >= 15 is 0 Å². The zero-order valence-corrected chi connectivity index (χ0v) is 44.2. The van der Waals surface area contributed by atoms with Crippen molar-refractivity contribution in [3.05, 3.63) is 97.2 Å². The van der Waals surface area contributed by atoms with Crippen LogP contribution in [-0.4, -0.2) is 98.9 Å². The molecule has 6 unspecified atom stereocenters. The summed E-state index contributed by atoms with van der Waals surface area (Å²) in [5.41, 5.74) is 0. The molecule has 0 aromatic heterocycles. The minimum atomic E-state index is -5.05. The van der Waals surface area contributed by atoms with Crippen LogP contribution in [0.15, 0.2) is 97.2 Å². The Morgan fingerprint density at radius 3 is 1.29 bits per heavy atom.